The highest BCUT2D eigenvalue weighted by Gasteiger charge is 2.18. The fourth-order valence-corrected chi connectivity index (χ4v) is 3.39. The summed E-state index contributed by atoms with van der Waals surface area (Å²) in [5.74, 6) is -0.0156. The molecule has 0 aliphatic carbocycles. The molecule has 0 spiro atoms. The van der Waals surface area contributed by atoms with E-state index in [-0.39, 0.29) is 18.2 Å². The molecule has 0 aliphatic rings. The molecule has 156 valence electrons. The summed E-state index contributed by atoms with van der Waals surface area (Å²) in [5.41, 5.74) is 3.52. The third-order valence-corrected chi connectivity index (χ3v) is 5.10. The van der Waals surface area contributed by atoms with Gasteiger partial charge in [0.2, 0.25) is 5.82 Å². The summed E-state index contributed by atoms with van der Waals surface area (Å²) in [7, 11) is 0. The number of hydrogen-bond acceptors (Lipinski definition) is 3. The number of carbonyl (C=O) groups excluding carboxylic acids is 1. The summed E-state index contributed by atoms with van der Waals surface area (Å²) < 4.78 is 15.6. The molecule has 1 heterocycles. The van der Waals surface area contributed by atoms with Crippen LogP contribution < -0.4 is 5.32 Å². The third kappa shape index (κ3) is 4.86. The Hall–Kier alpha value is -3.80. The van der Waals surface area contributed by atoms with Gasteiger partial charge in [-0.05, 0) is 36.6 Å². The molecule has 0 radical (unpaired) electrons. The van der Waals surface area contributed by atoms with E-state index in [1.807, 2.05) is 49.4 Å². The van der Waals surface area contributed by atoms with Crippen LogP contribution in [0.25, 0.3) is 5.69 Å². The summed E-state index contributed by atoms with van der Waals surface area (Å²) in [4.78, 5) is 17.2. The van der Waals surface area contributed by atoms with E-state index in [0.717, 1.165) is 17.7 Å². The number of carbonyl (C=O) groups is 1. The Bertz CT molecular complexity index is 1190. The standard InChI is InChI=1S/C25H23FN4O/c1-18-9-5-8-14-22(18)30-23(16-15-19-10-3-2-4-11-19)28-24(29-30)25(31)27-17-20-12-6-7-13-21(20)26/h2-14H,15-17H2,1H3,(H,27,31). The van der Waals surface area contributed by atoms with Crippen LogP contribution in [0.2, 0.25) is 0 Å². The molecule has 0 atom stereocenters. The van der Waals surface area contributed by atoms with Gasteiger partial charge in [0.15, 0.2) is 0 Å². The van der Waals surface area contributed by atoms with Crippen molar-refractivity contribution in [1.82, 2.24) is 20.1 Å². The molecule has 0 fully saturated rings. The zero-order chi connectivity index (χ0) is 21.6. The van der Waals surface area contributed by atoms with Crippen LogP contribution in [0.1, 0.15) is 33.1 Å². The topological polar surface area (TPSA) is 59.8 Å². The number of nitrogens with one attached hydrogen (secondary N) is 1. The minimum Gasteiger partial charge on any atom is -0.345 e. The minimum atomic E-state index is -0.434. The van der Waals surface area contributed by atoms with E-state index < -0.39 is 5.91 Å². The van der Waals surface area contributed by atoms with Gasteiger partial charge in [0.05, 0.1) is 5.69 Å². The predicted octanol–water partition coefficient (Wildman–Crippen LogP) is 4.43. The fourth-order valence-electron chi connectivity index (χ4n) is 3.39. The molecule has 4 aromatic rings. The van der Waals surface area contributed by atoms with Crippen molar-refractivity contribution in [2.45, 2.75) is 26.3 Å². The lowest BCUT2D eigenvalue weighted by Gasteiger charge is -2.08. The largest absolute Gasteiger partial charge is 0.345 e. The molecule has 3 aromatic carbocycles. The second-order valence-corrected chi connectivity index (χ2v) is 7.31. The number of amides is 1. The molecule has 1 amide bonds. The first-order valence-corrected chi connectivity index (χ1v) is 10.2. The van der Waals surface area contributed by atoms with Crippen LogP contribution in [0, 0.1) is 12.7 Å². The van der Waals surface area contributed by atoms with Crippen molar-refractivity contribution in [2.24, 2.45) is 0 Å². The Labute approximate surface area is 180 Å². The average molecular weight is 414 g/mol. The molecular formula is C25H23FN4O. The monoisotopic (exact) mass is 414 g/mol. The summed E-state index contributed by atoms with van der Waals surface area (Å²) in [6.07, 6.45) is 1.41. The highest BCUT2D eigenvalue weighted by molar-refractivity contribution is 5.90. The van der Waals surface area contributed by atoms with Crippen molar-refractivity contribution in [3.63, 3.8) is 0 Å². The number of aromatic nitrogens is 3. The Balaban J connectivity index is 1.58. The fraction of sp³-hybridized carbons (Fsp3) is 0.160. The number of benzene rings is 3. The first-order chi connectivity index (χ1) is 15.1. The summed E-state index contributed by atoms with van der Waals surface area (Å²) in [6, 6.07) is 24.3. The van der Waals surface area contributed by atoms with Gasteiger partial charge in [-0.25, -0.2) is 14.1 Å². The number of hydrogen-bond donors (Lipinski definition) is 1. The van der Waals surface area contributed by atoms with Crippen molar-refractivity contribution in [3.05, 3.63) is 113 Å². The molecule has 1 aromatic heterocycles. The maximum absolute atomic E-state index is 13.9. The van der Waals surface area contributed by atoms with Crippen LogP contribution in [0.4, 0.5) is 4.39 Å². The maximum Gasteiger partial charge on any atom is 0.291 e. The first-order valence-electron chi connectivity index (χ1n) is 10.2. The molecular weight excluding hydrogens is 391 g/mol. The van der Waals surface area contributed by atoms with E-state index in [9.17, 15) is 9.18 Å². The van der Waals surface area contributed by atoms with Gasteiger partial charge < -0.3 is 5.32 Å². The van der Waals surface area contributed by atoms with Crippen LogP contribution >= 0.6 is 0 Å². The lowest BCUT2D eigenvalue weighted by molar-refractivity contribution is 0.0940. The number of aryl methyl sites for hydroxylation is 3. The number of nitrogens with zero attached hydrogens (tertiary/aromatic N) is 3. The van der Waals surface area contributed by atoms with E-state index in [4.69, 9.17) is 0 Å². The lowest BCUT2D eigenvalue weighted by atomic mass is 10.1. The van der Waals surface area contributed by atoms with Crippen LogP contribution in [-0.2, 0) is 19.4 Å². The van der Waals surface area contributed by atoms with Gasteiger partial charge in [0.1, 0.15) is 11.6 Å². The molecule has 0 aliphatic heterocycles. The Morgan fingerprint density at radius 3 is 2.42 bits per heavy atom. The molecule has 4 rings (SSSR count). The molecule has 6 heteroatoms. The normalized spacial score (nSPS) is 10.8. The highest BCUT2D eigenvalue weighted by Crippen LogP contribution is 2.17. The van der Waals surface area contributed by atoms with E-state index >= 15 is 0 Å². The Morgan fingerprint density at radius 1 is 0.935 bits per heavy atom. The van der Waals surface area contributed by atoms with E-state index in [0.29, 0.717) is 17.8 Å². The molecule has 1 N–H and O–H groups in total. The first kappa shape index (κ1) is 20.5. The zero-order valence-electron chi connectivity index (χ0n) is 17.3. The van der Waals surface area contributed by atoms with Gasteiger partial charge in [0, 0.05) is 18.5 Å². The molecule has 0 saturated carbocycles. The average Bonchev–Trinajstić information content (AvgIpc) is 3.22. The van der Waals surface area contributed by atoms with Crippen LogP contribution in [0.5, 0.6) is 0 Å². The Kier molecular flexibility index (Phi) is 6.17. The second-order valence-electron chi connectivity index (χ2n) is 7.31. The van der Waals surface area contributed by atoms with E-state index in [1.54, 1.807) is 22.9 Å². The molecule has 0 bridgehead atoms. The van der Waals surface area contributed by atoms with Crippen molar-refractivity contribution in [3.8, 4) is 5.69 Å². The molecule has 5 nitrogen and oxygen atoms in total. The highest BCUT2D eigenvalue weighted by atomic mass is 19.1. The maximum atomic E-state index is 13.9. The van der Waals surface area contributed by atoms with Crippen molar-refractivity contribution < 1.29 is 9.18 Å². The summed E-state index contributed by atoms with van der Waals surface area (Å²) in [6.45, 7) is 2.07. The van der Waals surface area contributed by atoms with Crippen LogP contribution in [-0.4, -0.2) is 20.7 Å². The number of rotatable bonds is 7. The quantitative estimate of drug-likeness (QED) is 0.487. The zero-order valence-corrected chi connectivity index (χ0v) is 17.3. The van der Waals surface area contributed by atoms with Crippen molar-refractivity contribution in [2.75, 3.05) is 0 Å². The Morgan fingerprint density at radius 2 is 1.65 bits per heavy atom. The SMILES string of the molecule is Cc1ccccc1-n1nc(C(=O)NCc2ccccc2F)nc1CCc1ccccc1. The van der Waals surface area contributed by atoms with Gasteiger partial charge >= 0.3 is 0 Å². The van der Waals surface area contributed by atoms with E-state index in [2.05, 4.69) is 27.5 Å². The summed E-state index contributed by atoms with van der Waals surface area (Å²) >= 11 is 0. The molecule has 0 saturated heterocycles. The predicted molar refractivity (Wildman–Crippen MR) is 118 cm³/mol. The number of halogens is 1. The molecule has 31 heavy (non-hydrogen) atoms. The van der Waals surface area contributed by atoms with Gasteiger partial charge in [-0.1, -0.05) is 66.7 Å². The third-order valence-electron chi connectivity index (χ3n) is 5.10. The van der Waals surface area contributed by atoms with Gasteiger partial charge in [0.25, 0.3) is 5.91 Å². The van der Waals surface area contributed by atoms with E-state index in [1.165, 1.54) is 11.6 Å². The minimum absolute atomic E-state index is 0.0719. The van der Waals surface area contributed by atoms with Gasteiger partial charge in [-0.3, -0.25) is 4.79 Å². The smallest absolute Gasteiger partial charge is 0.291 e. The van der Waals surface area contributed by atoms with Crippen LogP contribution in [0.15, 0.2) is 78.9 Å². The van der Waals surface area contributed by atoms with Crippen molar-refractivity contribution in [1.29, 1.82) is 0 Å². The number of para-hydroxylation sites is 1. The molecule has 0 unspecified atom stereocenters. The lowest BCUT2D eigenvalue weighted by Crippen LogP contribution is -2.24. The van der Waals surface area contributed by atoms with Crippen molar-refractivity contribution >= 4 is 5.91 Å². The van der Waals surface area contributed by atoms with Crippen LogP contribution in [0.3, 0.4) is 0 Å². The second kappa shape index (κ2) is 9.34. The summed E-state index contributed by atoms with van der Waals surface area (Å²) in [5, 5.41) is 7.21. The van der Waals surface area contributed by atoms with Gasteiger partial charge in [-0.15, -0.1) is 5.10 Å². The van der Waals surface area contributed by atoms with Gasteiger partial charge in [-0.2, -0.15) is 0 Å².